The molecule has 0 spiro atoms. The summed E-state index contributed by atoms with van der Waals surface area (Å²) in [5.41, 5.74) is 1.36. The van der Waals surface area contributed by atoms with Gasteiger partial charge >= 0.3 is 5.97 Å². The van der Waals surface area contributed by atoms with Crippen LogP contribution in [0.3, 0.4) is 0 Å². The molecule has 0 saturated carbocycles. The van der Waals surface area contributed by atoms with Crippen LogP contribution in [0.4, 0.5) is 5.69 Å². The van der Waals surface area contributed by atoms with Gasteiger partial charge in [-0.05, 0) is 19.9 Å². The van der Waals surface area contributed by atoms with E-state index >= 15 is 0 Å². The molecular formula is C12H17NO3. The molecule has 4 nitrogen and oxygen atoms in total. The summed E-state index contributed by atoms with van der Waals surface area (Å²) in [5.74, 6) is -0.891. The number of aromatic hydroxyl groups is 1. The molecular weight excluding hydrogens is 206 g/mol. The van der Waals surface area contributed by atoms with Gasteiger partial charge in [-0.1, -0.05) is 6.07 Å². The van der Waals surface area contributed by atoms with E-state index in [1.54, 1.807) is 12.1 Å². The first kappa shape index (κ1) is 12.4. The van der Waals surface area contributed by atoms with Gasteiger partial charge in [-0.3, -0.25) is 4.79 Å². The van der Waals surface area contributed by atoms with Gasteiger partial charge in [0.05, 0.1) is 6.42 Å². The maximum absolute atomic E-state index is 10.5. The normalized spacial score (nSPS) is 10.1. The van der Waals surface area contributed by atoms with Crippen LogP contribution in [0.5, 0.6) is 5.75 Å². The Morgan fingerprint density at radius 2 is 1.94 bits per heavy atom. The third-order valence-corrected chi connectivity index (χ3v) is 2.54. The minimum absolute atomic E-state index is 0.0480. The lowest BCUT2D eigenvalue weighted by atomic mass is 10.1. The topological polar surface area (TPSA) is 60.8 Å². The second-order valence-corrected chi connectivity index (χ2v) is 3.56. The highest BCUT2D eigenvalue weighted by Gasteiger charge is 2.09. The minimum atomic E-state index is -0.939. The van der Waals surface area contributed by atoms with Gasteiger partial charge in [-0.15, -0.1) is 0 Å². The number of carboxylic acids is 1. The van der Waals surface area contributed by atoms with Crippen LogP contribution in [0.1, 0.15) is 19.4 Å². The lowest BCUT2D eigenvalue weighted by Crippen LogP contribution is -2.21. The molecule has 16 heavy (non-hydrogen) atoms. The molecule has 88 valence electrons. The molecule has 0 atom stereocenters. The second-order valence-electron chi connectivity index (χ2n) is 3.56. The first-order chi connectivity index (χ1) is 7.58. The molecule has 0 aliphatic carbocycles. The molecule has 1 aromatic carbocycles. The second kappa shape index (κ2) is 5.39. The summed E-state index contributed by atoms with van der Waals surface area (Å²) >= 11 is 0. The number of carboxylic acid groups (broad SMARTS) is 1. The molecule has 0 amide bonds. The van der Waals surface area contributed by atoms with Crippen molar-refractivity contribution in [1.29, 1.82) is 0 Å². The van der Waals surface area contributed by atoms with Crippen molar-refractivity contribution >= 4 is 11.7 Å². The molecule has 0 saturated heterocycles. The molecule has 0 aliphatic rings. The third-order valence-electron chi connectivity index (χ3n) is 2.54. The molecule has 0 radical (unpaired) electrons. The van der Waals surface area contributed by atoms with Crippen molar-refractivity contribution in [1.82, 2.24) is 0 Å². The summed E-state index contributed by atoms with van der Waals surface area (Å²) in [6.07, 6.45) is -0.148. The Hall–Kier alpha value is -1.71. The van der Waals surface area contributed by atoms with Gasteiger partial charge in [0.2, 0.25) is 0 Å². The number of rotatable bonds is 5. The fourth-order valence-corrected chi connectivity index (χ4v) is 1.65. The standard InChI is InChI=1S/C12H17NO3/c1-3-13(4-2)10-6-5-9(7-12(15)16)11(14)8-10/h5-6,8,14H,3-4,7H2,1-2H3,(H,15,16). The van der Waals surface area contributed by atoms with Gasteiger partial charge < -0.3 is 15.1 Å². The van der Waals surface area contributed by atoms with Crippen LogP contribution in [-0.4, -0.2) is 29.3 Å². The van der Waals surface area contributed by atoms with Crippen LogP contribution < -0.4 is 4.90 Å². The van der Waals surface area contributed by atoms with Crippen LogP contribution >= 0.6 is 0 Å². The molecule has 0 fully saturated rings. The van der Waals surface area contributed by atoms with Crippen molar-refractivity contribution in [3.8, 4) is 5.75 Å². The Morgan fingerprint density at radius 1 is 1.31 bits per heavy atom. The predicted octanol–water partition coefficient (Wildman–Crippen LogP) is 1.87. The number of phenols is 1. The number of carbonyl (C=O) groups is 1. The Labute approximate surface area is 95.1 Å². The molecule has 4 heteroatoms. The molecule has 0 unspecified atom stereocenters. The average molecular weight is 223 g/mol. The number of phenolic OH excluding ortho intramolecular Hbond substituents is 1. The van der Waals surface area contributed by atoms with Crippen molar-refractivity contribution in [2.24, 2.45) is 0 Å². The largest absolute Gasteiger partial charge is 0.508 e. The third kappa shape index (κ3) is 2.89. The highest BCUT2D eigenvalue weighted by molar-refractivity contribution is 5.72. The van der Waals surface area contributed by atoms with E-state index in [2.05, 4.69) is 4.90 Å². The molecule has 2 N–H and O–H groups in total. The zero-order valence-electron chi connectivity index (χ0n) is 9.60. The maximum atomic E-state index is 10.5. The van der Waals surface area contributed by atoms with Gasteiger partial charge in [-0.2, -0.15) is 0 Å². The van der Waals surface area contributed by atoms with Crippen LogP contribution in [0.15, 0.2) is 18.2 Å². The van der Waals surface area contributed by atoms with Crippen molar-refractivity contribution in [3.05, 3.63) is 23.8 Å². The maximum Gasteiger partial charge on any atom is 0.307 e. The lowest BCUT2D eigenvalue weighted by molar-refractivity contribution is -0.136. The van der Waals surface area contributed by atoms with E-state index in [4.69, 9.17) is 5.11 Å². The quantitative estimate of drug-likeness (QED) is 0.800. The monoisotopic (exact) mass is 223 g/mol. The summed E-state index contributed by atoms with van der Waals surface area (Å²) in [7, 11) is 0. The van der Waals surface area contributed by atoms with Crippen LogP contribution in [-0.2, 0) is 11.2 Å². The Balaban J connectivity index is 2.93. The number of benzene rings is 1. The van der Waals surface area contributed by atoms with Gasteiger partial charge in [0, 0.05) is 30.4 Å². The zero-order valence-corrected chi connectivity index (χ0v) is 9.60. The number of hydrogen-bond donors (Lipinski definition) is 2. The fourth-order valence-electron chi connectivity index (χ4n) is 1.65. The van der Waals surface area contributed by atoms with Crippen molar-refractivity contribution in [2.75, 3.05) is 18.0 Å². The lowest BCUT2D eigenvalue weighted by Gasteiger charge is -2.21. The minimum Gasteiger partial charge on any atom is -0.508 e. The van der Waals surface area contributed by atoms with Crippen LogP contribution in [0, 0.1) is 0 Å². The summed E-state index contributed by atoms with van der Waals surface area (Å²) < 4.78 is 0. The Morgan fingerprint density at radius 3 is 2.38 bits per heavy atom. The molecule has 0 heterocycles. The fraction of sp³-hybridized carbons (Fsp3) is 0.417. The number of anilines is 1. The van der Waals surface area contributed by atoms with E-state index in [0.717, 1.165) is 18.8 Å². The van der Waals surface area contributed by atoms with E-state index in [9.17, 15) is 9.90 Å². The van der Waals surface area contributed by atoms with E-state index in [0.29, 0.717) is 5.56 Å². The highest BCUT2D eigenvalue weighted by Crippen LogP contribution is 2.24. The van der Waals surface area contributed by atoms with Gasteiger partial charge in [0.15, 0.2) is 0 Å². The van der Waals surface area contributed by atoms with E-state index in [1.165, 1.54) is 0 Å². The smallest absolute Gasteiger partial charge is 0.307 e. The van der Waals surface area contributed by atoms with Crippen molar-refractivity contribution in [3.63, 3.8) is 0 Å². The van der Waals surface area contributed by atoms with Gasteiger partial charge in [-0.25, -0.2) is 0 Å². The molecule has 1 rings (SSSR count). The highest BCUT2D eigenvalue weighted by atomic mass is 16.4. The molecule has 1 aromatic rings. The number of aliphatic carboxylic acids is 1. The van der Waals surface area contributed by atoms with Gasteiger partial charge in [0.25, 0.3) is 0 Å². The van der Waals surface area contributed by atoms with E-state index in [1.807, 2.05) is 19.9 Å². The van der Waals surface area contributed by atoms with Crippen molar-refractivity contribution < 1.29 is 15.0 Å². The van der Waals surface area contributed by atoms with Gasteiger partial charge in [0.1, 0.15) is 5.75 Å². The first-order valence-electron chi connectivity index (χ1n) is 5.37. The SMILES string of the molecule is CCN(CC)c1ccc(CC(=O)O)c(O)c1. The Bertz CT molecular complexity index is 373. The molecule has 0 aliphatic heterocycles. The zero-order chi connectivity index (χ0) is 12.1. The number of hydrogen-bond acceptors (Lipinski definition) is 3. The van der Waals surface area contributed by atoms with Crippen molar-refractivity contribution in [2.45, 2.75) is 20.3 Å². The van der Waals surface area contributed by atoms with Crippen LogP contribution in [0.25, 0.3) is 0 Å². The van der Waals surface area contributed by atoms with Crippen LogP contribution in [0.2, 0.25) is 0 Å². The summed E-state index contributed by atoms with van der Waals surface area (Å²) in [6, 6.07) is 5.12. The van der Waals surface area contributed by atoms with E-state index < -0.39 is 5.97 Å². The summed E-state index contributed by atoms with van der Waals surface area (Å²) in [5, 5.41) is 18.3. The number of nitrogens with zero attached hydrogens (tertiary/aromatic N) is 1. The molecule has 0 aromatic heterocycles. The average Bonchev–Trinajstić information content (AvgIpc) is 2.23. The summed E-state index contributed by atoms with van der Waals surface area (Å²) in [6.45, 7) is 5.78. The predicted molar refractivity (Wildman–Crippen MR) is 63.0 cm³/mol. The molecule has 0 bridgehead atoms. The Kier molecular flexibility index (Phi) is 4.17. The first-order valence-corrected chi connectivity index (χ1v) is 5.37. The summed E-state index contributed by atoms with van der Waals surface area (Å²) in [4.78, 5) is 12.6. The van der Waals surface area contributed by atoms with E-state index in [-0.39, 0.29) is 12.2 Å².